The van der Waals surface area contributed by atoms with E-state index in [4.69, 9.17) is 16.3 Å². The van der Waals surface area contributed by atoms with Crippen LogP contribution in [0.5, 0.6) is 5.75 Å². The van der Waals surface area contributed by atoms with E-state index in [1.165, 1.54) is 5.56 Å². The number of benzene rings is 1. The van der Waals surface area contributed by atoms with Crippen LogP contribution in [-0.2, 0) is 0 Å². The molecule has 0 aliphatic carbocycles. The third kappa shape index (κ3) is 1.53. The third-order valence-corrected chi connectivity index (χ3v) is 2.83. The summed E-state index contributed by atoms with van der Waals surface area (Å²) in [4.78, 5) is 0. The van der Waals surface area contributed by atoms with Gasteiger partial charge in [-0.25, -0.2) is 0 Å². The summed E-state index contributed by atoms with van der Waals surface area (Å²) in [5.74, 6) is 2.12. The highest BCUT2D eigenvalue weighted by Gasteiger charge is 2.26. The summed E-state index contributed by atoms with van der Waals surface area (Å²) in [5.41, 5.74) is 1.27. The molecular formula is C11H13ClO. The normalized spacial score (nSPS) is 20.2. The fourth-order valence-corrected chi connectivity index (χ4v) is 1.94. The highest BCUT2D eigenvalue weighted by atomic mass is 35.5. The maximum Gasteiger partial charge on any atom is 0.123 e. The molecule has 0 N–H and O–H groups in total. The lowest BCUT2D eigenvalue weighted by Crippen LogP contribution is -2.07. The number of hydrogen-bond acceptors (Lipinski definition) is 1. The standard InChI is InChI=1S/C11H13ClO/c1-7(2)10-6-13-11-4-3-8(12)5-9(10)11/h3-5,7,10H,6H2,1-2H3/t10-/m0/s1. The number of fused-ring (bicyclic) bond motifs is 1. The van der Waals surface area contributed by atoms with Crippen LogP contribution in [0.2, 0.25) is 5.02 Å². The molecule has 2 heteroatoms. The Morgan fingerprint density at radius 3 is 2.92 bits per heavy atom. The van der Waals surface area contributed by atoms with Gasteiger partial charge in [0.15, 0.2) is 0 Å². The second-order valence-electron chi connectivity index (χ2n) is 3.84. The Balaban J connectivity index is 2.40. The summed E-state index contributed by atoms with van der Waals surface area (Å²) < 4.78 is 5.57. The zero-order valence-corrected chi connectivity index (χ0v) is 8.64. The van der Waals surface area contributed by atoms with E-state index in [0.717, 1.165) is 17.4 Å². The van der Waals surface area contributed by atoms with Gasteiger partial charge in [0, 0.05) is 16.5 Å². The molecule has 0 amide bonds. The van der Waals surface area contributed by atoms with Crippen molar-refractivity contribution in [1.29, 1.82) is 0 Å². The highest BCUT2D eigenvalue weighted by Crippen LogP contribution is 2.39. The van der Waals surface area contributed by atoms with E-state index in [1.54, 1.807) is 0 Å². The van der Waals surface area contributed by atoms with Crippen LogP contribution >= 0.6 is 11.6 Å². The molecule has 2 rings (SSSR count). The Hall–Kier alpha value is -0.690. The van der Waals surface area contributed by atoms with Crippen LogP contribution in [0.3, 0.4) is 0 Å². The quantitative estimate of drug-likeness (QED) is 0.669. The highest BCUT2D eigenvalue weighted by molar-refractivity contribution is 6.30. The third-order valence-electron chi connectivity index (χ3n) is 2.59. The van der Waals surface area contributed by atoms with Crippen LogP contribution in [0.15, 0.2) is 18.2 Å². The van der Waals surface area contributed by atoms with Crippen molar-refractivity contribution in [3.8, 4) is 5.75 Å². The summed E-state index contributed by atoms with van der Waals surface area (Å²) in [5, 5.41) is 0.801. The lowest BCUT2D eigenvalue weighted by molar-refractivity contribution is 0.304. The topological polar surface area (TPSA) is 9.23 Å². The van der Waals surface area contributed by atoms with E-state index in [-0.39, 0.29) is 0 Å². The number of hydrogen-bond donors (Lipinski definition) is 0. The van der Waals surface area contributed by atoms with Crippen LogP contribution in [0.4, 0.5) is 0 Å². The molecule has 1 atom stereocenters. The Kier molecular flexibility index (Phi) is 2.20. The van der Waals surface area contributed by atoms with Crippen molar-refractivity contribution in [1.82, 2.24) is 0 Å². The summed E-state index contributed by atoms with van der Waals surface area (Å²) in [7, 11) is 0. The van der Waals surface area contributed by atoms with Crippen molar-refractivity contribution < 1.29 is 4.74 Å². The van der Waals surface area contributed by atoms with Crippen LogP contribution in [0, 0.1) is 5.92 Å². The number of ether oxygens (including phenoxy) is 1. The first kappa shape index (κ1) is 8.89. The molecule has 0 radical (unpaired) electrons. The average molecular weight is 197 g/mol. The van der Waals surface area contributed by atoms with E-state index in [0.29, 0.717) is 11.8 Å². The number of halogens is 1. The van der Waals surface area contributed by atoms with Crippen LogP contribution in [0.25, 0.3) is 0 Å². The maximum atomic E-state index is 5.94. The molecule has 0 unspecified atom stereocenters. The maximum absolute atomic E-state index is 5.94. The van der Waals surface area contributed by atoms with E-state index >= 15 is 0 Å². The molecule has 13 heavy (non-hydrogen) atoms. The second-order valence-corrected chi connectivity index (χ2v) is 4.28. The summed E-state index contributed by atoms with van der Waals surface area (Å²) in [6, 6.07) is 5.86. The smallest absolute Gasteiger partial charge is 0.123 e. The second kappa shape index (κ2) is 3.22. The largest absolute Gasteiger partial charge is 0.493 e. The fraction of sp³-hybridized carbons (Fsp3) is 0.455. The first-order chi connectivity index (χ1) is 6.18. The van der Waals surface area contributed by atoms with Gasteiger partial charge in [0.1, 0.15) is 5.75 Å². The molecule has 0 aromatic heterocycles. The molecule has 1 aliphatic rings. The Bertz CT molecular complexity index is 320. The van der Waals surface area contributed by atoms with Gasteiger partial charge in [-0.05, 0) is 24.1 Å². The van der Waals surface area contributed by atoms with Gasteiger partial charge in [-0.1, -0.05) is 25.4 Å². The first-order valence-corrected chi connectivity index (χ1v) is 4.98. The molecule has 1 heterocycles. The van der Waals surface area contributed by atoms with Gasteiger partial charge in [-0.15, -0.1) is 0 Å². The van der Waals surface area contributed by atoms with E-state index < -0.39 is 0 Å². The van der Waals surface area contributed by atoms with Gasteiger partial charge in [0.05, 0.1) is 6.61 Å². The van der Waals surface area contributed by atoms with Gasteiger partial charge in [-0.3, -0.25) is 0 Å². The zero-order valence-electron chi connectivity index (χ0n) is 7.88. The van der Waals surface area contributed by atoms with E-state index in [9.17, 15) is 0 Å². The minimum atomic E-state index is 0.508. The molecule has 1 aromatic rings. The zero-order chi connectivity index (χ0) is 9.42. The van der Waals surface area contributed by atoms with E-state index in [1.807, 2.05) is 18.2 Å². The van der Waals surface area contributed by atoms with E-state index in [2.05, 4.69) is 13.8 Å². The van der Waals surface area contributed by atoms with Crippen LogP contribution < -0.4 is 4.74 Å². The van der Waals surface area contributed by atoms with Crippen molar-refractivity contribution in [2.45, 2.75) is 19.8 Å². The molecule has 1 aromatic carbocycles. The molecular weight excluding hydrogens is 184 g/mol. The molecule has 70 valence electrons. The van der Waals surface area contributed by atoms with Gasteiger partial charge >= 0.3 is 0 Å². The van der Waals surface area contributed by atoms with Crippen molar-refractivity contribution in [3.05, 3.63) is 28.8 Å². The molecule has 0 spiro atoms. The number of rotatable bonds is 1. The fourth-order valence-electron chi connectivity index (χ4n) is 1.76. The molecule has 0 saturated heterocycles. The molecule has 0 bridgehead atoms. The van der Waals surface area contributed by atoms with Crippen molar-refractivity contribution >= 4 is 11.6 Å². The van der Waals surface area contributed by atoms with Crippen LogP contribution in [0.1, 0.15) is 25.3 Å². The summed E-state index contributed by atoms with van der Waals surface area (Å²) in [6.45, 7) is 5.22. The Morgan fingerprint density at radius 2 is 2.23 bits per heavy atom. The van der Waals surface area contributed by atoms with Crippen molar-refractivity contribution in [3.63, 3.8) is 0 Å². The molecule has 0 fully saturated rings. The average Bonchev–Trinajstić information content (AvgIpc) is 2.46. The van der Waals surface area contributed by atoms with Crippen molar-refractivity contribution in [2.24, 2.45) is 5.92 Å². The SMILES string of the molecule is CC(C)[C@@H]1COc2ccc(Cl)cc21. The van der Waals surface area contributed by atoms with Crippen LogP contribution in [-0.4, -0.2) is 6.61 Å². The van der Waals surface area contributed by atoms with Crippen molar-refractivity contribution in [2.75, 3.05) is 6.61 Å². The molecule has 1 nitrogen and oxygen atoms in total. The first-order valence-electron chi connectivity index (χ1n) is 4.60. The predicted octanol–water partition coefficient (Wildman–Crippen LogP) is 3.47. The van der Waals surface area contributed by atoms with Gasteiger partial charge < -0.3 is 4.74 Å². The predicted molar refractivity (Wildman–Crippen MR) is 54.5 cm³/mol. The van der Waals surface area contributed by atoms with Gasteiger partial charge in [-0.2, -0.15) is 0 Å². The molecule has 0 saturated carbocycles. The van der Waals surface area contributed by atoms with Gasteiger partial charge in [0.2, 0.25) is 0 Å². The molecule has 1 aliphatic heterocycles. The Labute approximate surface area is 83.7 Å². The lowest BCUT2D eigenvalue weighted by Gasteiger charge is -2.12. The minimum absolute atomic E-state index is 0.508. The minimum Gasteiger partial charge on any atom is -0.493 e. The summed E-state index contributed by atoms with van der Waals surface area (Å²) >= 11 is 5.94. The monoisotopic (exact) mass is 196 g/mol. The summed E-state index contributed by atoms with van der Waals surface area (Å²) in [6.07, 6.45) is 0. The lowest BCUT2D eigenvalue weighted by atomic mass is 9.90. The Morgan fingerprint density at radius 1 is 1.46 bits per heavy atom. The van der Waals surface area contributed by atoms with Gasteiger partial charge in [0.25, 0.3) is 0 Å².